The maximum Gasteiger partial charge on any atom is 0.108 e. The van der Waals surface area contributed by atoms with Gasteiger partial charge in [-0.05, 0) is 23.8 Å². The Hall–Kier alpha value is -1.58. The van der Waals surface area contributed by atoms with E-state index in [1.54, 1.807) is 42.7 Å². The molecule has 0 radical (unpaired) electrons. The fourth-order valence-corrected chi connectivity index (χ4v) is 1.70. The molecule has 2 aromatic rings. The summed E-state index contributed by atoms with van der Waals surface area (Å²) < 4.78 is 0. The summed E-state index contributed by atoms with van der Waals surface area (Å²) in [4.78, 5) is 3.94. The minimum Gasteiger partial charge on any atom is -0.398 e. The Balaban J connectivity index is 2.39. The van der Waals surface area contributed by atoms with Crippen LogP contribution in [0.3, 0.4) is 0 Å². The Labute approximate surface area is 98.5 Å². The fourth-order valence-electron chi connectivity index (χ4n) is 1.50. The van der Waals surface area contributed by atoms with Crippen molar-refractivity contribution in [2.45, 2.75) is 6.10 Å². The predicted molar refractivity (Wildman–Crippen MR) is 64.2 cm³/mol. The molecule has 0 amide bonds. The van der Waals surface area contributed by atoms with E-state index < -0.39 is 6.10 Å². The van der Waals surface area contributed by atoms with Crippen LogP contribution in [0.15, 0.2) is 42.7 Å². The highest BCUT2D eigenvalue weighted by atomic mass is 35.5. The summed E-state index contributed by atoms with van der Waals surface area (Å²) in [6.07, 6.45) is 2.34. The highest BCUT2D eigenvalue weighted by molar-refractivity contribution is 6.30. The Morgan fingerprint density at radius 1 is 1.31 bits per heavy atom. The first-order valence-electron chi connectivity index (χ1n) is 4.81. The molecule has 0 bridgehead atoms. The highest BCUT2D eigenvalue weighted by Crippen LogP contribution is 2.26. The van der Waals surface area contributed by atoms with E-state index in [2.05, 4.69) is 4.98 Å². The zero-order valence-corrected chi connectivity index (χ0v) is 9.22. The maximum absolute atomic E-state index is 10.1. The number of benzene rings is 1. The number of aliphatic hydroxyl groups excluding tert-OH is 1. The van der Waals surface area contributed by atoms with Crippen LogP contribution in [0.4, 0.5) is 5.69 Å². The topological polar surface area (TPSA) is 59.1 Å². The van der Waals surface area contributed by atoms with Crippen LogP contribution in [-0.4, -0.2) is 10.1 Å². The molecule has 4 heteroatoms. The smallest absolute Gasteiger partial charge is 0.108 e. The summed E-state index contributed by atoms with van der Waals surface area (Å²) in [5.41, 5.74) is 7.57. The van der Waals surface area contributed by atoms with Crippen LogP contribution in [0.2, 0.25) is 5.02 Å². The van der Waals surface area contributed by atoms with Crippen LogP contribution in [0.1, 0.15) is 17.2 Å². The van der Waals surface area contributed by atoms with E-state index in [1.165, 1.54) is 0 Å². The molecule has 0 spiro atoms. The van der Waals surface area contributed by atoms with Crippen molar-refractivity contribution < 1.29 is 5.11 Å². The van der Waals surface area contributed by atoms with Gasteiger partial charge in [-0.2, -0.15) is 0 Å². The minimum absolute atomic E-state index is 0.516. The quantitative estimate of drug-likeness (QED) is 0.839. The number of nitrogen functional groups attached to an aromatic ring is 1. The molecule has 3 N–H and O–H groups in total. The number of aromatic nitrogens is 1. The molecule has 0 saturated heterocycles. The molecule has 0 aliphatic carbocycles. The number of aliphatic hydroxyl groups is 1. The SMILES string of the molecule is Nc1ccncc1C(O)c1cccc(Cl)c1. The molecule has 0 aliphatic rings. The standard InChI is InChI=1S/C12H11ClN2O/c13-9-3-1-2-8(6-9)12(16)10-7-15-5-4-11(10)14/h1-7,12,16H,(H2,14,15). The van der Waals surface area contributed by atoms with Crippen LogP contribution in [-0.2, 0) is 0 Å². The summed E-state index contributed by atoms with van der Waals surface area (Å²) >= 11 is 5.86. The van der Waals surface area contributed by atoms with Crippen LogP contribution < -0.4 is 5.73 Å². The Morgan fingerprint density at radius 3 is 2.81 bits per heavy atom. The largest absolute Gasteiger partial charge is 0.398 e. The summed E-state index contributed by atoms with van der Waals surface area (Å²) in [5.74, 6) is 0. The average Bonchev–Trinajstić information content (AvgIpc) is 2.29. The molecule has 2 rings (SSSR count). The van der Waals surface area contributed by atoms with E-state index >= 15 is 0 Å². The average molecular weight is 235 g/mol. The highest BCUT2D eigenvalue weighted by Gasteiger charge is 2.13. The summed E-state index contributed by atoms with van der Waals surface area (Å²) in [6, 6.07) is 8.70. The molecule has 1 unspecified atom stereocenters. The molecule has 1 aromatic carbocycles. The van der Waals surface area contributed by atoms with Gasteiger partial charge in [0.05, 0.1) is 0 Å². The number of hydrogen-bond donors (Lipinski definition) is 2. The van der Waals surface area contributed by atoms with E-state index in [0.29, 0.717) is 21.8 Å². The second-order valence-electron chi connectivity index (χ2n) is 3.46. The molecule has 3 nitrogen and oxygen atoms in total. The molecular formula is C12H11ClN2O. The zero-order chi connectivity index (χ0) is 11.5. The van der Waals surface area contributed by atoms with E-state index in [9.17, 15) is 5.11 Å². The second kappa shape index (κ2) is 4.51. The van der Waals surface area contributed by atoms with Crippen LogP contribution in [0.25, 0.3) is 0 Å². The lowest BCUT2D eigenvalue weighted by molar-refractivity contribution is 0.220. The summed E-state index contributed by atoms with van der Waals surface area (Å²) in [5, 5.41) is 10.7. The van der Waals surface area contributed by atoms with Gasteiger partial charge in [-0.25, -0.2) is 0 Å². The van der Waals surface area contributed by atoms with Crippen molar-refractivity contribution in [2.24, 2.45) is 0 Å². The molecule has 0 fully saturated rings. The van der Waals surface area contributed by atoms with Gasteiger partial charge < -0.3 is 10.8 Å². The molecule has 16 heavy (non-hydrogen) atoms. The second-order valence-corrected chi connectivity index (χ2v) is 3.90. The number of anilines is 1. The number of pyridine rings is 1. The first-order valence-corrected chi connectivity index (χ1v) is 5.19. The minimum atomic E-state index is -0.799. The van der Waals surface area contributed by atoms with Gasteiger partial charge in [0.2, 0.25) is 0 Å². The van der Waals surface area contributed by atoms with Crippen LogP contribution >= 0.6 is 11.6 Å². The van der Waals surface area contributed by atoms with Crippen molar-refractivity contribution in [2.75, 3.05) is 5.73 Å². The van der Waals surface area contributed by atoms with Gasteiger partial charge in [0, 0.05) is 28.7 Å². The Bertz CT molecular complexity index is 502. The van der Waals surface area contributed by atoms with Crippen molar-refractivity contribution in [1.82, 2.24) is 4.98 Å². The molecular weight excluding hydrogens is 224 g/mol. The van der Waals surface area contributed by atoms with Gasteiger partial charge in [0.1, 0.15) is 6.10 Å². The predicted octanol–water partition coefficient (Wildman–Crippen LogP) is 2.40. The van der Waals surface area contributed by atoms with Gasteiger partial charge in [-0.1, -0.05) is 23.7 Å². The lowest BCUT2D eigenvalue weighted by atomic mass is 10.0. The summed E-state index contributed by atoms with van der Waals surface area (Å²) in [7, 11) is 0. The number of hydrogen-bond acceptors (Lipinski definition) is 3. The van der Waals surface area contributed by atoms with Gasteiger partial charge in [0.15, 0.2) is 0 Å². The van der Waals surface area contributed by atoms with Crippen molar-refractivity contribution >= 4 is 17.3 Å². The molecule has 0 saturated carbocycles. The van der Waals surface area contributed by atoms with Crippen molar-refractivity contribution in [3.63, 3.8) is 0 Å². The molecule has 1 aromatic heterocycles. The fraction of sp³-hybridized carbons (Fsp3) is 0.0833. The third-order valence-electron chi connectivity index (χ3n) is 2.35. The van der Waals surface area contributed by atoms with Crippen LogP contribution in [0.5, 0.6) is 0 Å². The third-order valence-corrected chi connectivity index (χ3v) is 2.58. The molecule has 1 atom stereocenters. The van der Waals surface area contributed by atoms with Gasteiger partial charge in [-0.15, -0.1) is 0 Å². The number of nitrogens with zero attached hydrogens (tertiary/aromatic N) is 1. The normalized spacial score (nSPS) is 12.4. The molecule has 82 valence electrons. The first kappa shape index (κ1) is 10.9. The number of halogens is 1. The van der Waals surface area contributed by atoms with E-state index in [0.717, 1.165) is 0 Å². The molecule has 1 heterocycles. The number of rotatable bonds is 2. The van der Waals surface area contributed by atoms with E-state index in [1.807, 2.05) is 0 Å². The van der Waals surface area contributed by atoms with Crippen LogP contribution in [0, 0.1) is 0 Å². The van der Waals surface area contributed by atoms with Gasteiger partial charge in [-0.3, -0.25) is 4.98 Å². The molecule has 0 aliphatic heterocycles. The monoisotopic (exact) mass is 234 g/mol. The Kier molecular flexibility index (Phi) is 3.08. The lowest BCUT2D eigenvalue weighted by Crippen LogP contribution is -2.04. The van der Waals surface area contributed by atoms with E-state index in [4.69, 9.17) is 17.3 Å². The van der Waals surface area contributed by atoms with Gasteiger partial charge >= 0.3 is 0 Å². The Morgan fingerprint density at radius 2 is 2.12 bits per heavy atom. The lowest BCUT2D eigenvalue weighted by Gasteiger charge is -2.13. The number of nitrogens with two attached hydrogens (primary N) is 1. The zero-order valence-electron chi connectivity index (χ0n) is 8.47. The van der Waals surface area contributed by atoms with Gasteiger partial charge in [0.25, 0.3) is 0 Å². The maximum atomic E-state index is 10.1. The third kappa shape index (κ3) is 2.15. The van der Waals surface area contributed by atoms with Crippen molar-refractivity contribution in [1.29, 1.82) is 0 Å². The van der Waals surface area contributed by atoms with E-state index in [-0.39, 0.29) is 0 Å². The first-order chi connectivity index (χ1) is 7.68. The summed E-state index contributed by atoms with van der Waals surface area (Å²) in [6.45, 7) is 0. The van der Waals surface area contributed by atoms with Crippen molar-refractivity contribution in [3.8, 4) is 0 Å². The van der Waals surface area contributed by atoms with Crippen molar-refractivity contribution in [3.05, 3.63) is 58.9 Å².